The highest BCUT2D eigenvalue weighted by molar-refractivity contribution is 5.77. The van der Waals surface area contributed by atoms with Crippen molar-refractivity contribution in [1.82, 2.24) is 0 Å². The minimum absolute atomic E-state index is 0.126. The van der Waals surface area contributed by atoms with Gasteiger partial charge in [0.2, 0.25) is 0 Å². The summed E-state index contributed by atoms with van der Waals surface area (Å²) in [5.41, 5.74) is 0. The van der Waals surface area contributed by atoms with Gasteiger partial charge in [-0.2, -0.15) is 0 Å². The average molecular weight is 357 g/mol. The van der Waals surface area contributed by atoms with Crippen molar-refractivity contribution in [3.8, 4) is 0 Å². The summed E-state index contributed by atoms with van der Waals surface area (Å²) in [6.07, 6.45) is 13.0. The maximum Gasteiger partial charge on any atom is 0.306 e. The van der Waals surface area contributed by atoms with Crippen LogP contribution in [0.1, 0.15) is 104 Å². The van der Waals surface area contributed by atoms with Crippen LogP contribution in [0.15, 0.2) is 0 Å². The van der Waals surface area contributed by atoms with Gasteiger partial charge in [0.1, 0.15) is 0 Å². The molecule has 0 aliphatic carbocycles. The van der Waals surface area contributed by atoms with Crippen LogP contribution in [0.4, 0.5) is 0 Å². The van der Waals surface area contributed by atoms with Crippen LogP contribution >= 0.6 is 0 Å². The molecular weight excluding hydrogens is 316 g/mol. The quantitative estimate of drug-likeness (QED) is 0.243. The predicted octanol–water partition coefficient (Wildman–Crippen LogP) is 5.82. The zero-order valence-electron chi connectivity index (χ0n) is 16.8. The number of hydrogen-bond donors (Lipinski definition) is 0. The molecule has 0 rings (SSSR count). The molecule has 25 heavy (non-hydrogen) atoms. The maximum absolute atomic E-state index is 11.7. The average Bonchev–Trinajstić information content (AvgIpc) is 2.60. The Labute approximate surface area is 155 Å². The highest BCUT2D eigenvalue weighted by Gasteiger charge is 2.12. The largest absolute Gasteiger partial charge is 0.466 e. The van der Waals surface area contributed by atoms with Crippen LogP contribution in [-0.4, -0.2) is 25.2 Å². The van der Waals surface area contributed by atoms with Crippen molar-refractivity contribution in [2.75, 3.05) is 13.2 Å². The Balaban J connectivity index is 3.58. The molecule has 0 N–H and O–H groups in total. The number of carbonyl (C=O) groups excluding carboxylic acids is 2. The molecule has 0 radical (unpaired) electrons. The molecule has 148 valence electrons. The normalized spacial score (nSPS) is 10.9. The van der Waals surface area contributed by atoms with Crippen molar-refractivity contribution in [3.05, 3.63) is 0 Å². The van der Waals surface area contributed by atoms with Crippen molar-refractivity contribution in [3.63, 3.8) is 0 Å². The van der Waals surface area contributed by atoms with Gasteiger partial charge in [-0.05, 0) is 25.2 Å². The van der Waals surface area contributed by atoms with Gasteiger partial charge in [-0.3, -0.25) is 9.59 Å². The van der Waals surface area contributed by atoms with E-state index in [0.717, 1.165) is 38.5 Å². The molecule has 0 heterocycles. The van der Waals surface area contributed by atoms with Gasteiger partial charge in [-0.15, -0.1) is 0 Å². The van der Waals surface area contributed by atoms with E-state index in [-0.39, 0.29) is 24.8 Å². The first-order chi connectivity index (χ1) is 12.1. The number of esters is 2. The van der Waals surface area contributed by atoms with Gasteiger partial charge in [-0.25, -0.2) is 0 Å². The van der Waals surface area contributed by atoms with E-state index in [9.17, 15) is 9.59 Å². The molecule has 0 saturated carbocycles. The zero-order chi connectivity index (χ0) is 18.8. The fraction of sp³-hybridized carbons (Fsp3) is 0.905. The Morgan fingerprint density at radius 3 is 1.76 bits per heavy atom. The summed E-state index contributed by atoms with van der Waals surface area (Å²) >= 11 is 0. The number of rotatable bonds is 17. The lowest BCUT2D eigenvalue weighted by Crippen LogP contribution is -2.16. The van der Waals surface area contributed by atoms with Crippen LogP contribution in [0.5, 0.6) is 0 Å². The van der Waals surface area contributed by atoms with E-state index in [4.69, 9.17) is 9.47 Å². The Hall–Kier alpha value is -1.06. The SMILES string of the molecule is CCCCCCCCCOC(=O)CCC(=O)OCC(CCC)CCC. The van der Waals surface area contributed by atoms with E-state index < -0.39 is 0 Å². The smallest absolute Gasteiger partial charge is 0.306 e. The molecule has 0 spiro atoms. The Bertz CT molecular complexity index is 322. The molecule has 0 aliphatic heterocycles. The molecule has 0 amide bonds. The molecule has 0 fully saturated rings. The summed E-state index contributed by atoms with van der Waals surface area (Å²) < 4.78 is 10.5. The van der Waals surface area contributed by atoms with E-state index in [1.165, 1.54) is 32.1 Å². The molecule has 0 aliphatic rings. The van der Waals surface area contributed by atoms with Gasteiger partial charge in [0.15, 0.2) is 0 Å². The first-order valence-electron chi connectivity index (χ1n) is 10.4. The van der Waals surface area contributed by atoms with Gasteiger partial charge >= 0.3 is 11.9 Å². The van der Waals surface area contributed by atoms with Crippen molar-refractivity contribution < 1.29 is 19.1 Å². The summed E-state index contributed by atoms with van der Waals surface area (Å²) in [5.74, 6) is -0.130. The van der Waals surface area contributed by atoms with Crippen LogP contribution < -0.4 is 0 Å². The van der Waals surface area contributed by atoms with Gasteiger partial charge in [0, 0.05) is 0 Å². The van der Waals surface area contributed by atoms with E-state index >= 15 is 0 Å². The lowest BCUT2D eigenvalue weighted by molar-refractivity contribution is -0.151. The molecule has 0 unspecified atom stereocenters. The van der Waals surface area contributed by atoms with Gasteiger partial charge < -0.3 is 9.47 Å². The monoisotopic (exact) mass is 356 g/mol. The summed E-state index contributed by atoms with van der Waals surface area (Å²) in [5, 5.41) is 0. The summed E-state index contributed by atoms with van der Waals surface area (Å²) in [6.45, 7) is 7.45. The Morgan fingerprint density at radius 2 is 1.20 bits per heavy atom. The third kappa shape index (κ3) is 16.2. The van der Waals surface area contributed by atoms with Crippen LogP contribution in [0.2, 0.25) is 0 Å². The molecule has 4 nitrogen and oxygen atoms in total. The topological polar surface area (TPSA) is 52.6 Å². The van der Waals surface area contributed by atoms with E-state index in [2.05, 4.69) is 20.8 Å². The first-order valence-corrected chi connectivity index (χ1v) is 10.4. The lowest BCUT2D eigenvalue weighted by atomic mass is 9.99. The van der Waals surface area contributed by atoms with E-state index in [1.54, 1.807) is 0 Å². The summed E-state index contributed by atoms with van der Waals surface area (Å²) in [7, 11) is 0. The fourth-order valence-corrected chi connectivity index (χ4v) is 2.93. The fourth-order valence-electron chi connectivity index (χ4n) is 2.93. The molecule has 0 aromatic heterocycles. The second-order valence-electron chi connectivity index (χ2n) is 6.97. The molecule has 4 heteroatoms. The third-order valence-electron chi connectivity index (χ3n) is 4.42. The number of ether oxygens (including phenoxy) is 2. The standard InChI is InChI=1S/C21H40O4/c1-4-7-8-9-10-11-12-17-24-20(22)15-16-21(23)25-18-19(13-5-2)14-6-3/h19H,4-18H2,1-3H3. The summed E-state index contributed by atoms with van der Waals surface area (Å²) in [4.78, 5) is 23.4. The molecule has 0 bridgehead atoms. The van der Waals surface area contributed by atoms with Crippen molar-refractivity contribution >= 4 is 11.9 Å². The zero-order valence-corrected chi connectivity index (χ0v) is 16.8. The van der Waals surface area contributed by atoms with Gasteiger partial charge in [-0.1, -0.05) is 72.1 Å². The third-order valence-corrected chi connectivity index (χ3v) is 4.42. The van der Waals surface area contributed by atoms with Crippen molar-refractivity contribution in [1.29, 1.82) is 0 Å². The van der Waals surface area contributed by atoms with Crippen molar-refractivity contribution in [2.45, 2.75) is 104 Å². The molecular formula is C21H40O4. The van der Waals surface area contributed by atoms with Crippen molar-refractivity contribution in [2.24, 2.45) is 5.92 Å². The maximum atomic E-state index is 11.7. The van der Waals surface area contributed by atoms with Crippen LogP contribution in [0.25, 0.3) is 0 Å². The predicted molar refractivity (Wildman–Crippen MR) is 102 cm³/mol. The van der Waals surface area contributed by atoms with E-state index in [0.29, 0.717) is 19.1 Å². The van der Waals surface area contributed by atoms with Gasteiger partial charge in [0.25, 0.3) is 0 Å². The van der Waals surface area contributed by atoms with E-state index in [1.807, 2.05) is 0 Å². The number of unbranched alkanes of at least 4 members (excludes halogenated alkanes) is 6. The molecule has 0 aromatic carbocycles. The minimum atomic E-state index is -0.290. The second-order valence-corrected chi connectivity index (χ2v) is 6.97. The Morgan fingerprint density at radius 1 is 0.680 bits per heavy atom. The number of carbonyl (C=O) groups is 2. The highest BCUT2D eigenvalue weighted by Crippen LogP contribution is 2.14. The number of hydrogen-bond acceptors (Lipinski definition) is 4. The first kappa shape index (κ1) is 23.9. The molecule has 0 saturated heterocycles. The molecule has 0 aromatic rings. The van der Waals surface area contributed by atoms with Crippen LogP contribution in [0.3, 0.4) is 0 Å². The summed E-state index contributed by atoms with van der Waals surface area (Å²) in [6, 6.07) is 0. The lowest BCUT2D eigenvalue weighted by Gasteiger charge is -2.15. The van der Waals surface area contributed by atoms with Crippen LogP contribution in [-0.2, 0) is 19.1 Å². The Kier molecular flexibility index (Phi) is 17.0. The molecule has 0 atom stereocenters. The van der Waals surface area contributed by atoms with Crippen LogP contribution in [0, 0.1) is 5.92 Å². The second kappa shape index (κ2) is 17.8. The highest BCUT2D eigenvalue weighted by atomic mass is 16.5. The minimum Gasteiger partial charge on any atom is -0.466 e. The van der Waals surface area contributed by atoms with Gasteiger partial charge in [0.05, 0.1) is 26.1 Å².